The van der Waals surface area contributed by atoms with E-state index in [-0.39, 0.29) is 30.0 Å². The molecule has 1 unspecified atom stereocenters. The summed E-state index contributed by atoms with van der Waals surface area (Å²) >= 11 is 0. The molecule has 162 valence electrons. The number of aromatic amines is 1. The Kier molecular flexibility index (Phi) is 5.93. The van der Waals surface area contributed by atoms with Gasteiger partial charge in [-0.05, 0) is 36.6 Å². The first kappa shape index (κ1) is 20.9. The van der Waals surface area contributed by atoms with Gasteiger partial charge in [0.25, 0.3) is 0 Å². The minimum Gasteiger partial charge on any atom is -0.346 e. The molecule has 2 aromatic carbocycles. The van der Waals surface area contributed by atoms with Crippen molar-refractivity contribution in [3.8, 4) is 0 Å². The maximum absolute atomic E-state index is 12.9. The highest BCUT2D eigenvalue weighted by molar-refractivity contribution is 5.79. The van der Waals surface area contributed by atoms with E-state index in [2.05, 4.69) is 36.1 Å². The van der Waals surface area contributed by atoms with Gasteiger partial charge >= 0.3 is 5.69 Å². The van der Waals surface area contributed by atoms with Gasteiger partial charge in [0, 0.05) is 19.5 Å². The Hall–Kier alpha value is -3.35. The average molecular weight is 420 g/mol. The molecule has 1 atom stereocenters. The molecule has 7 heteroatoms. The lowest BCUT2D eigenvalue weighted by molar-refractivity contribution is -0.122. The lowest BCUT2D eigenvalue weighted by Crippen LogP contribution is -2.34. The van der Waals surface area contributed by atoms with Crippen molar-refractivity contribution in [1.82, 2.24) is 24.4 Å². The topological polar surface area (TPSA) is 84.7 Å². The Morgan fingerprint density at radius 1 is 1.03 bits per heavy atom. The Labute approximate surface area is 181 Å². The van der Waals surface area contributed by atoms with Crippen LogP contribution >= 0.6 is 0 Å². The normalized spacial score (nSPS) is 12.6. The number of nitrogens with one attached hydrogen (secondary N) is 2. The molecule has 0 bridgehead atoms. The maximum Gasteiger partial charge on any atom is 0.329 e. The van der Waals surface area contributed by atoms with Gasteiger partial charge in [0.05, 0.1) is 28.1 Å². The highest BCUT2D eigenvalue weighted by Crippen LogP contribution is 2.22. The van der Waals surface area contributed by atoms with Crippen LogP contribution in [0.1, 0.15) is 45.5 Å². The summed E-state index contributed by atoms with van der Waals surface area (Å²) in [6.45, 7) is 7.17. The van der Waals surface area contributed by atoms with Gasteiger partial charge in [-0.15, -0.1) is 0 Å². The van der Waals surface area contributed by atoms with Crippen molar-refractivity contribution < 1.29 is 4.79 Å². The summed E-state index contributed by atoms with van der Waals surface area (Å²) in [5.74, 6) is 0.818. The zero-order valence-electron chi connectivity index (χ0n) is 18.3. The highest BCUT2D eigenvalue weighted by atomic mass is 16.2. The third-order valence-electron chi connectivity index (χ3n) is 5.62. The molecule has 0 fully saturated rings. The van der Waals surface area contributed by atoms with Crippen LogP contribution in [-0.4, -0.2) is 25.0 Å². The lowest BCUT2D eigenvalue weighted by atomic mass is 10.0. The van der Waals surface area contributed by atoms with Crippen molar-refractivity contribution in [2.24, 2.45) is 5.92 Å². The Balaban J connectivity index is 1.52. The SMILES string of the molecule is CCCn1c(=O)n(CCC(=O)NC(c2nc3ccccc3[nH]2)C(C)C)c2ccccc21. The molecule has 7 nitrogen and oxygen atoms in total. The van der Waals surface area contributed by atoms with Crippen LogP contribution in [0.25, 0.3) is 22.1 Å². The van der Waals surface area contributed by atoms with E-state index in [9.17, 15) is 9.59 Å². The number of rotatable bonds is 8. The maximum atomic E-state index is 12.9. The average Bonchev–Trinajstić information content (AvgIpc) is 3.30. The molecule has 2 aromatic heterocycles. The number of benzene rings is 2. The van der Waals surface area contributed by atoms with Crippen LogP contribution in [-0.2, 0) is 17.9 Å². The second-order valence-electron chi connectivity index (χ2n) is 8.25. The van der Waals surface area contributed by atoms with Crippen LogP contribution < -0.4 is 11.0 Å². The molecule has 0 aliphatic carbocycles. The van der Waals surface area contributed by atoms with Gasteiger partial charge in [-0.2, -0.15) is 0 Å². The van der Waals surface area contributed by atoms with E-state index < -0.39 is 0 Å². The molecule has 2 heterocycles. The minimum atomic E-state index is -0.224. The Morgan fingerprint density at radius 3 is 2.32 bits per heavy atom. The van der Waals surface area contributed by atoms with Crippen molar-refractivity contribution in [2.75, 3.05) is 0 Å². The number of hydrogen-bond acceptors (Lipinski definition) is 3. The van der Waals surface area contributed by atoms with Crippen LogP contribution in [0, 0.1) is 5.92 Å². The molecule has 0 spiro atoms. The van der Waals surface area contributed by atoms with E-state index in [1.165, 1.54) is 0 Å². The van der Waals surface area contributed by atoms with Gasteiger partial charge in [-0.1, -0.05) is 45.0 Å². The van der Waals surface area contributed by atoms with Crippen molar-refractivity contribution >= 4 is 28.0 Å². The number of fused-ring (bicyclic) bond motifs is 2. The van der Waals surface area contributed by atoms with Gasteiger partial charge in [0.2, 0.25) is 5.91 Å². The second-order valence-corrected chi connectivity index (χ2v) is 8.25. The highest BCUT2D eigenvalue weighted by Gasteiger charge is 2.22. The van der Waals surface area contributed by atoms with Crippen molar-refractivity contribution in [2.45, 2.75) is 52.7 Å². The summed E-state index contributed by atoms with van der Waals surface area (Å²) in [6, 6.07) is 15.4. The van der Waals surface area contributed by atoms with Crippen molar-refractivity contribution in [3.05, 3.63) is 64.8 Å². The lowest BCUT2D eigenvalue weighted by Gasteiger charge is -2.20. The number of carbonyl (C=O) groups excluding carboxylic acids is 1. The number of amides is 1. The molecular formula is C24H29N5O2. The molecule has 2 N–H and O–H groups in total. The number of imidazole rings is 2. The number of hydrogen-bond donors (Lipinski definition) is 2. The van der Waals surface area contributed by atoms with Gasteiger partial charge in [0.15, 0.2) is 0 Å². The van der Waals surface area contributed by atoms with E-state index in [0.29, 0.717) is 13.1 Å². The Morgan fingerprint density at radius 2 is 1.68 bits per heavy atom. The fourth-order valence-corrected chi connectivity index (χ4v) is 4.06. The van der Waals surface area contributed by atoms with Crippen LogP contribution in [0.15, 0.2) is 53.3 Å². The van der Waals surface area contributed by atoms with Crippen LogP contribution in [0.4, 0.5) is 0 Å². The quantitative estimate of drug-likeness (QED) is 0.453. The standard InChI is InChI=1S/C24H29N5O2/c1-4-14-28-19-11-7-8-12-20(19)29(24(28)31)15-13-21(30)27-22(16(2)3)23-25-17-9-5-6-10-18(17)26-23/h5-12,16,22H,4,13-15H2,1-3H3,(H,25,26)(H,27,30). The monoisotopic (exact) mass is 419 g/mol. The summed E-state index contributed by atoms with van der Waals surface area (Å²) in [5.41, 5.74) is 3.55. The third kappa shape index (κ3) is 4.13. The van der Waals surface area contributed by atoms with Crippen LogP contribution in [0.2, 0.25) is 0 Å². The molecule has 0 radical (unpaired) electrons. The summed E-state index contributed by atoms with van der Waals surface area (Å²) in [4.78, 5) is 33.7. The predicted octanol–water partition coefficient (Wildman–Crippen LogP) is 3.99. The first-order valence-corrected chi connectivity index (χ1v) is 10.9. The fraction of sp³-hybridized carbons (Fsp3) is 0.375. The van der Waals surface area contributed by atoms with E-state index in [1.54, 1.807) is 9.13 Å². The molecule has 4 aromatic rings. The van der Waals surface area contributed by atoms with Crippen LogP contribution in [0.5, 0.6) is 0 Å². The summed E-state index contributed by atoms with van der Waals surface area (Å²) in [6.07, 6.45) is 1.10. The smallest absolute Gasteiger partial charge is 0.329 e. The zero-order valence-corrected chi connectivity index (χ0v) is 18.3. The minimum absolute atomic E-state index is 0.0615. The number of H-pyrrole nitrogens is 1. The molecule has 0 saturated carbocycles. The summed E-state index contributed by atoms with van der Waals surface area (Å²) in [7, 11) is 0. The Bertz CT molecular complexity index is 1230. The molecule has 31 heavy (non-hydrogen) atoms. The van der Waals surface area contributed by atoms with Gasteiger partial charge < -0.3 is 10.3 Å². The summed E-state index contributed by atoms with van der Waals surface area (Å²) in [5, 5.41) is 3.11. The predicted molar refractivity (Wildman–Crippen MR) is 123 cm³/mol. The number of aryl methyl sites for hydroxylation is 2. The van der Waals surface area contributed by atoms with Crippen molar-refractivity contribution in [1.29, 1.82) is 0 Å². The second kappa shape index (κ2) is 8.79. The van der Waals surface area contributed by atoms with E-state index in [1.807, 2.05) is 48.5 Å². The number of nitrogens with zero attached hydrogens (tertiary/aromatic N) is 3. The molecule has 0 aliphatic heterocycles. The number of para-hydroxylation sites is 4. The number of carbonyl (C=O) groups is 1. The van der Waals surface area contributed by atoms with E-state index in [0.717, 1.165) is 34.3 Å². The van der Waals surface area contributed by atoms with Gasteiger partial charge in [-0.3, -0.25) is 13.9 Å². The first-order valence-electron chi connectivity index (χ1n) is 10.9. The number of aromatic nitrogens is 4. The van der Waals surface area contributed by atoms with Crippen molar-refractivity contribution in [3.63, 3.8) is 0 Å². The van der Waals surface area contributed by atoms with Crippen LogP contribution in [0.3, 0.4) is 0 Å². The first-order chi connectivity index (χ1) is 15.0. The summed E-state index contributed by atoms with van der Waals surface area (Å²) < 4.78 is 3.49. The van der Waals surface area contributed by atoms with Gasteiger partial charge in [-0.25, -0.2) is 9.78 Å². The largest absolute Gasteiger partial charge is 0.346 e. The fourth-order valence-electron chi connectivity index (χ4n) is 4.06. The molecule has 0 saturated heterocycles. The molecular weight excluding hydrogens is 390 g/mol. The molecule has 1 amide bonds. The zero-order chi connectivity index (χ0) is 22.0. The van der Waals surface area contributed by atoms with E-state index in [4.69, 9.17) is 0 Å². The third-order valence-corrected chi connectivity index (χ3v) is 5.62. The van der Waals surface area contributed by atoms with Gasteiger partial charge in [0.1, 0.15) is 5.82 Å². The molecule has 4 rings (SSSR count). The van der Waals surface area contributed by atoms with E-state index >= 15 is 0 Å². The molecule has 0 aliphatic rings.